The molecule has 4 heterocycles. The van der Waals surface area contributed by atoms with E-state index in [4.69, 9.17) is 0 Å². The predicted octanol–water partition coefficient (Wildman–Crippen LogP) is 7.49. The van der Waals surface area contributed by atoms with Crippen molar-refractivity contribution in [1.29, 1.82) is 0 Å². The normalized spacial score (nSPS) is 15.3. The highest BCUT2D eigenvalue weighted by atomic mass is 19.4. The molecule has 0 radical (unpaired) electrons. The largest absolute Gasteiger partial charge is 0.389 e. The minimum absolute atomic E-state index is 0.0349. The molecule has 0 aliphatic heterocycles. The van der Waals surface area contributed by atoms with Gasteiger partial charge in [0.2, 0.25) is 0 Å². The Kier molecular flexibility index (Phi) is 7.75. The number of hydrogen-bond acceptors (Lipinski definition) is 2. The average molecular weight is 561 g/mol. The second-order valence-corrected chi connectivity index (χ2v) is 12.2. The van der Waals surface area contributed by atoms with E-state index in [9.17, 15) is 13.2 Å². The van der Waals surface area contributed by atoms with Crippen LogP contribution in [0.15, 0.2) is 73.8 Å². The summed E-state index contributed by atoms with van der Waals surface area (Å²) >= 11 is 0. The number of fused-ring (bicyclic) bond motifs is 6. The second-order valence-electron chi connectivity index (χ2n) is 12.2. The smallest absolute Gasteiger partial charge is 0.264 e. The van der Waals surface area contributed by atoms with Crippen LogP contribution in [0.2, 0.25) is 0 Å². The van der Waals surface area contributed by atoms with E-state index in [1.54, 1.807) is 0 Å². The predicted molar refractivity (Wildman–Crippen MR) is 154 cm³/mol. The van der Waals surface area contributed by atoms with Crippen molar-refractivity contribution >= 4 is 0 Å². The molecule has 0 amide bonds. The Morgan fingerprint density at radius 1 is 0.659 bits per heavy atom. The molecule has 0 unspecified atom stereocenters. The molecule has 0 bridgehead atoms. The third-order valence-corrected chi connectivity index (χ3v) is 8.60. The van der Waals surface area contributed by atoms with Gasteiger partial charge in [0.25, 0.3) is 0 Å². The van der Waals surface area contributed by atoms with Crippen molar-refractivity contribution in [3.63, 3.8) is 0 Å². The third-order valence-electron chi connectivity index (χ3n) is 8.60. The maximum atomic E-state index is 12.4. The van der Waals surface area contributed by atoms with Gasteiger partial charge in [0.1, 0.15) is 13.1 Å². The van der Waals surface area contributed by atoms with Crippen LogP contribution in [-0.2, 0) is 23.9 Å². The van der Waals surface area contributed by atoms with Crippen molar-refractivity contribution in [2.45, 2.75) is 90.4 Å². The highest BCUT2D eigenvalue weighted by molar-refractivity contribution is 5.80. The fourth-order valence-corrected chi connectivity index (χ4v) is 6.17. The summed E-state index contributed by atoms with van der Waals surface area (Å²) in [6, 6.07) is 8.39. The lowest BCUT2D eigenvalue weighted by Gasteiger charge is -2.19. The topological polar surface area (TPSA) is 33.5 Å². The first kappa shape index (κ1) is 28.9. The molecule has 41 heavy (non-hydrogen) atoms. The van der Waals surface area contributed by atoms with Gasteiger partial charge >= 0.3 is 6.18 Å². The molecule has 2 aliphatic rings. The van der Waals surface area contributed by atoms with Gasteiger partial charge in [-0.3, -0.25) is 9.97 Å². The van der Waals surface area contributed by atoms with Crippen molar-refractivity contribution in [3.05, 3.63) is 96.1 Å². The van der Waals surface area contributed by atoms with Crippen LogP contribution in [0.1, 0.15) is 82.6 Å². The van der Waals surface area contributed by atoms with E-state index < -0.39 is 12.6 Å². The zero-order valence-electron chi connectivity index (χ0n) is 24.6. The van der Waals surface area contributed by atoms with Crippen LogP contribution in [0.25, 0.3) is 22.3 Å². The molecule has 0 saturated heterocycles. The van der Waals surface area contributed by atoms with Crippen LogP contribution in [0.5, 0.6) is 0 Å². The van der Waals surface area contributed by atoms with Crippen molar-refractivity contribution in [2.75, 3.05) is 0 Å². The minimum Gasteiger partial charge on any atom is -0.264 e. The standard InChI is InChI=1S/C21H27F3N2.C13H12N2/c1-4-5-10-25-12-7-16-17-8-13-26(11-6-9-21(22,23)24)15-19(17)20(2,3)18(16)14-25;1-13(2)11-7-14-5-3-9(11)10-4-6-15-8-12(10)13/h7-8,12-15H,4-6,9-11H2,1-3H3;3-8H,1-2H3/q+2;. The molecule has 0 N–H and O–H groups in total. The van der Waals surface area contributed by atoms with E-state index in [0.29, 0.717) is 6.54 Å². The molecule has 4 aromatic rings. The Morgan fingerprint density at radius 2 is 1.10 bits per heavy atom. The first-order valence-electron chi connectivity index (χ1n) is 14.5. The van der Waals surface area contributed by atoms with E-state index in [2.05, 4.69) is 79.7 Å². The van der Waals surface area contributed by atoms with Gasteiger partial charge in [-0.2, -0.15) is 13.2 Å². The zero-order chi connectivity index (χ0) is 29.4. The fraction of sp³-hybridized carbons (Fsp3) is 0.412. The van der Waals surface area contributed by atoms with E-state index in [1.807, 2.05) is 47.8 Å². The molecule has 0 saturated carbocycles. The molecule has 4 aromatic heterocycles. The lowest BCUT2D eigenvalue weighted by molar-refractivity contribution is -0.698. The number of unbranched alkanes of at least 4 members (excludes halogenated alkanes) is 1. The summed E-state index contributed by atoms with van der Waals surface area (Å²) < 4.78 is 41.3. The van der Waals surface area contributed by atoms with Crippen molar-refractivity contribution < 1.29 is 22.3 Å². The van der Waals surface area contributed by atoms with E-state index in [1.165, 1.54) is 44.5 Å². The number of hydrogen-bond donors (Lipinski definition) is 0. The molecular formula is C34H39F3N4+2. The number of aryl methyl sites for hydroxylation is 2. The van der Waals surface area contributed by atoms with Crippen molar-refractivity contribution in [2.24, 2.45) is 0 Å². The maximum absolute atomic E-state index is 12.4. The Balaban J connectivity index is 0.000000189. The number of pyridine rings is 4. The van der Waals surface area contributed by atoms with Crippen LogP contribution in [0.3, 0.4) is 0 Å². The highest BCUT2D eigenvalue weighted by Gasteiger charge is 2.40. The van der Waals surface area contributed by atoms with Gasteiger partial charge in [-0.15, -0.1) is 0 Å². The minimum atomic E-state index is -4.08. The molecule has 0 aromatic carbocycles. The van der Waals surface area contributed by atoms with Crippen molar-refractivity contribution in [3.8, 4) is 22.3 Å². The molecular weight excluding hydrogens is 521 g/mol. The van der Waals surface area contributed by atoms with Gasteiger partial charge in [-0.1, -0.05) is 41.0 Å². The quantitative estimate of drug-likeness (QED) is 0.229. The van der Waals surface area contributed by atoms with Crippen molar-refractivity contribution in [1.82, 2.24) is 9.97 Å². The average Bonchev–Trinajstić information content (AvgIpc) is 3.31. The van der Waals surface area contributed by atoms with Gasteiger partial charge in [0.05, 0.1) is 0 Å². The Morgan fingerprint density at radius 3 is 1.56 bits per heavy atom. The number of aromatic nitrogens is 4. The van der Waals surface area contributed by atoms with Crippen LogP contribution in [-0.4, -0.2) is 16.1 Å². The summed E-state index contributed by atoms with van der Waals surface area (Å²) in [4.78, 5) is 8.43. The molecule has 2 aliphatic carbocycles. The fourth-order valence-electron chi connectivity index (χ4n) is 6.17. The van der Waals surface area contributed by atoms with Gasteiger partial charge < -0.3 is 0 Å². The lowest BCUT2D eigenvalue weighted by atomic mass is 9.84. The molecule has 0 fully saturated rings. The van der Waals surface area contributed by atoms with Gasteiger partial charge in [-0.25, -0.2) is 9.13 Å². The summed E-state index contributed by atoms with van der Waals surface area (Å²) in [5.74, 6) is 0. The second kappa shape index (κ2) is 11.0. The monoisotopic (exact) mass is 560 g/mol. The molecule has 214 valence electrons. The number of nitrogens with zero attached hydrogens (tertiary/aromatic N) is 4. The number of alkyl halides is 3. The summed E-state index contributed by atoms with van der Waals surface area (Å²) in [7, 11) is 0. The Hall–Kier alpha value is -3.61. The van der Waals surface area contributed by atoms with E-state index in [0.717, 1.165) is 19.4 Å². The Bertz CT molecular complexity index is 1510. The van der Waals surface area contributed by atoms with Crippen LogP contribution in [0, 0.1) is 0 Å². The van der Waals surface area contributed by atoms with Crippen LogP contribution >= 0.6 is 0 Å². The first-order chi connectivity index (χ1) is 19.4. The molecule has 0 atom stereocenters. The third kappa shape index (κ3) is 5.64. The summed E-state index contributed by atoms with van der Waals surface area (Å²) in [6.45, 7) is 12.4. The summed E-state index contributed by atoms with van der Waals surface area (Å²) in [5.41, 5.74) is 10.00. The number of halogens is 3. The van der Waals surface area contributed by atoms with Crippen LogP contribution in [0.4, 0.5) is 13.2 Å². The number of rotatable bonds is 6. The van der Waals surface area contributed by atoms with E-state index >= 15 is 0 Å². The Labute approximate surface area is 241 Å². The maximum Gasteiger partial charge on any atom is 0.389 e. The van der Waals surface area contributed by atoms with Gasteiger partial charge in [-0.05, 0) is 45.5 Å². The lowest BCUT2D eigenvalue weighted by Crippen LogP contribution is -2.36. The highest BCUT2D eigenvalue weighted by Crippen LogP contribution is 2.48. The van der Waals surface area contributed by atoms with Gasteiger partial charge in [0.15, 0.2) is 24.8 Å². The molecule has 6 rings (SSSR count). The first-order valence-corrected chi connectivity index (χ1v) is 14.5. The zero-order valence-corrected chi connectivity index (χ0v) is 24.6. The summed E-state index contributed by atoms with van der Waals surface area (Å²) in [6.07, 6.45) is 13.5. The SMILES string of the molecule is CC1(C)c2cnccc2-c2ccncc21.CCCC[n+]1ccc2c(c1)C(C)(C)c1c[n+](CCCC(F)(F)F)ccc1-2. The molecule has 4 nitrogen and oxygen atoms in total. The van der Waals surface area contributed by atoms with Crippen LogP contribution < -0.4 is 9.13 Å². The van der Waals surface area contributed by atoms with E-state index in [-0.39, 0.29) is 17.3 Å². The summed E-state index contributed by atoms with van der Waals surface area (Å²) in [5, 5.41) is 0. The van der Waals surface area contributed by atoms with Gasteiger partial charge in [0, 0.05) is 78.1 Å². The molecule has 7 heteroatoms. The molecule has 0 spiro atoms.